The largest absolute Gasteiger partial charge is 0.453 e. The number of anilines is 1. The lowest BCUT2D eigenvalue weighted by Gasteiger charge is -2.30. The Morgan fingerprint density at radius 3 is 2.62 bits per heavy atom. The molecule has 0 saturated carbocycles. The molecule has 3 aliphatic heterocycles. The van der Waals surface area contributed by atoms with Crippen molar-refractivity contribution in [2.45, 2.75) is 37.4 Å². The van der Waals surface area contributed by atoms with Crippen LogP contribution < -0.4 is 5.32 Å². The van der Waals surface area contributed by atoms with Crippen molar-refractivity contribution in [3.8, 4) is 0 Å². The number of carbonyl (C=O) groups is 4. The summed E-state index contributed by atoms with van der Waals surface area (Å²) in [6, 6.07) is 13.0. The van der Waals surface area contributed by atoms with E-state index in [1.54, 1.807) is 28.8 Å². The Balaban J connectivity index is 1.15. The summed E-state index contributed by atoms with van der Waals surface area (Å²) in [6.07, 6.45) is 1.13. The third-order valence-electron chi connectivity index (χ3n) is 8.03. The van der Waals surface area contributed by atoms with Crippen LogP contribution in [0.1, 0.15) is 61.0 Å². The molecule has 3 amide bonds. The number of rotatable bonds is 6. The van der Waals surface area contributed by atoms with Crippen LogP contribution in [0.25, 0.3) is 11.2 Å². The standard InChI is InChI=1S/C29H24N6O7/c1-3-29-12-40-20(21(29)41-28(39)16-9-10-17-18(11-16)26(38)34(2)25(17)37)27(42-29)35-14-32-19-22(30-13-31-23(19)35)33-24(36)15-7-5-4-6-8-15/h4-11,13-14,20-21,27H,3,12H2,1-2H3,(H,30,31,33,36)/t20?,21-,27-,29+/m1/s1. The summed E-state index contributed by atoms with van der Waals surface area (Å²) in [6.45, 7) is 2.13. The van der Waals surface area contributed by atoms with Crippen LogP contribution in [0.5, 0.6) is 0 Å². The van der Waals surface area contributed by atoms with E-state index in [2.05, 4.69) is 20.3 Å². The van der Waals surface area contributed by atoms with Crippen molar-refractivity contribution in [3.05, 3.63) is 83.4 Å². The SMILES string of the molecule is CC[C@@]12COC([C@H](n3cnc4c(NC(=O)c5ccccc5)ncnc43)O1)[C@H]2OC(=O)c1ccc2c(c1)C(=O)N(C)C2=O. The zero-order valence-corrected chi connectivity index (χ0v) is 22.5. The van der Waals surface area contributed by atoms with Crippen LogP contribution >= 0.6 is 0 Å². The first-order valence-electron chi connectivity index (χ1n) is 13.3. The summed E-state index contributed by atoms with van der Waals surface area (Å²) in [5.74, 6) is -1.67. The molecule has 4 aromatic rings. The lowest BCUT2D eigenvalue weighted by atomic mass is 9.96. The van der Waals surface area contributed by atoms with E-state index < -0.39 is 41.8 Å². The summed E-state index contributed by atoms with van der Waals surface area (Å²) in [7, 11) is 1.39. The molecule has 0 spiro atoms. The van der Waals surface area contributed by atoms with Gasteiger partial charge in [-0.1, -0.05) is 25.1 Å². The molecule has 42 heavy (non-hydrogen) atoms. The number of aromatic nitrogens is 4. The topological polar surface area (TPSA) is 155 Å². The van der Waals surface area contributed by atoms with E-state index in [1.807, 2.05) is 13.0 Å². The number of nitrogens with zero attached hydrogens (tertiary/aromatic N) is 5. The van der Waals surface area contributed by atoms with Gasteiger partial charge in [0.25, 0.3) is 17.7 Å². The number of benzene rings is 2. The molecule has 7 rings (SSSR count). The van der Waals surface area contributed by atoms with Crippen LogP contribution in [-0.4, -0.2) is 79.6 Å². The normalized spacial score (nSPS) is 24.3. The molecular weight excluding hydrogens is 544 g/mol. The van der Waals surface area contributed by atoms with Gasteiger partial charge in [0.1, 0.15) is 18.0 Å². The Kier molecular flexibility index (Phi) is 5.88. The van der Waals surface area contributed by atoms with Gasteiger partial charge >= 0.3 is 5.97 Å². The van der Waals surface area contributed by atoms with Crippen molar-refractivity contribution >= 4 is 40.7 Å². The fraction of sp³-hybridized carbons (Fsp3) is 0.276. The monoisotopic (exact) mass is 568 g/mol. The maximum Gasteiger partial charge on any atom is 0.338 e. The van der Waals surface area contributed by atoms with Gasteiger partial charge in [-0.15, -0.1) is 0 Å². The average molecular weight is 569 g/mol. The number of amides is 3. The molecule has 3 aliphatic rings. The van der Waals surface area contributed by atoms with Crippen molar-refractivity contribution in [1.29, 1.82) is 0 Å². The van der Waals surface area contributed by atoms with Crippen LogP contribution in [0, 0.1) is 0 Å². The van der Waals surface area contributed by atoms with E-state index in [-0.39, 0.29) is 35.0 Å². The van der Waals surface area contributed by atoms with Crippen LogP contribution in [0.2, 0.25) is 0 Å². The molecule has 2 fully saturated rings. The number of fused-ring (bicyclic) bond motifs is 4. The van der Waals surface area contributed by atoms with E-state index in [9.17, 15) is 19.2 Å². The Morgan fingerprint density at radius 1 is 1.05 bits per heavy atom. The summed E-state index contributed by atoms with van der Waals surface area (Å²) in [5.41, 5.74) is 0.827. The molecule has 1 N–H and O–H groups in total. The van der Waals surface area contributed by atoms with Gasteiger partial charge < -0.3 is 19.5 Å². The van der Waals surface area contributed by atoms with Crippen molar-refractivity contribution in [3.63, 3.8) is 0 Å². The van der Waals surface area contributed by atoms with E-state index >= 15 is 0 Å². The molecule has 2 saturated heterocycles. The number of carbonyl (C=O) groups excluding carboxylic acids is 4. The average Bonchev–Trinajstić information content (AvgIpc) is 3.74. The van der Waals surface area contributed by atoms with Crippen LogP contribution in [0.3, 0.4) is 0 Å². The van der Waals surface area contributed by atoms with E-state index in [1.165, 1.54) is 37.9 Å². The van der Waals surface area contributed by atoms with E-state index in [4.69, 9.17) is 14.2 Å². The Hall–Kier alpha value is -5.01. The second kappa shape index (κ2) is 9.53. The van der Waals surface area contributed by atoms with Crippen molar-refractivity contribution in [1.82, 2.24) is 24.4 Å². The molecule has 212 valence electrons. The summed E-state index contributed by atoms with van der Waals surface area (Å²) in [4.78, 5) is 64.8. The maximum absolute atomic E-state index is 13.3. The van der Waals surface area contributed by atoms with Gasteiger partial charge in [-0.2, -0.15) is 0 Å². The molecular formula is C29H24N6O7. The third-order valence-corrected chi connectivity index (χ3v) is 8.03. The molecule has 4 atom stereocenters. The minimum absolute atomic E-state index is 0.138. The smallest absolute Gasteiger partial charge is 0.338 e. The Bertz CT molecular complexity index is 1790. The number of nitrogens with one attached hydrogen (secondary N) is 1. The van der Waals surface area contributed by atoms with Gasteiger partial charge in [0.15, 0.2) is 29.3 Å². The number of hydrogen-bond acceptors (Lipinski definition) is 10. The Morgan fingerprint density at radius 2 is 1.83 bits per heavy atom. The molecule has 0 aliphatic carbocycles. The zero-order chi connectivity index (χ0) is 29.2. The van der Waals surface area contributed by atoms with Gasteiger partial charge in [0.2, 0.25) is 0 Å². The van der Waals surface area contributed by atoms with Gasteiger partial charge in [0, 0.05) is 12.6 Å². The minimum atomic E-state index is -0.929. The number of imide groups is 1. The number of ether oxygens (including phenoxy) is 3. The molecule has 1 unspecified atom stereocenters. The molecule has 5 heterocycles. The van der Waals surface area contributed by atoms with Crippen LogP contribution in [-0.2, 0) is 14.2 Å². The first-order chi connectivity index (χ1) is 20.3. The summed E-state index contributed by atoms with van der Waals surface area (Å²) < 4.78 is 20.2. The predicted octanol–water partition coefficient (Wildman–Crippen LogP) is 2.61. The fourth-order valence-electron chi connectivity index (χ4n) is 5.69. The predicted molar refractivity (Wildman–Crippen MR) is 145 cm³/mol. The minimum Gasteiger partial charge on any atom is -0.453 e. The highest BCUT2D eigenvalue weighted by Crippen LogP contribution is 2.49. The van der Waals surface area contributed by atoms with E-state index in [0.29, 0.717) is 23.1 Å². The first-order valence-corrected chi connectivity index (χ1v) is 13.3. The molecule has 2 aromatic carbocycles. The van der Waals surface area contributed by atoms with Crippen LogP contribution in [0.4, 0.5) is 5.82 Å². The van der Waals surface area contributed by atoms with Crippen molar-refractivity contribution in [2.75, 3.05) is 19.0 Å². The fourth-order valence-corrected chi connectivity index (χ4v) is 5.69. The molecule has 13 nitrogen and oxygen atoms in total. The first kappa shape index (κ1) is 25.9. The molecule has 2 bridgehead atoms. The molecule has 2 aromatic heterocycles. The Labute approximate surface area is 238 Å². The maximum atomic E-state index is 13.3. The van der Waals surface area contributed by atoms with Gasteiger partial charge in [-0.05, 0) is 36.8 Å². The highest BCUT2D eigenvalue weighted by atomic mass is 16.7. The molecule has 0 radical (unpaired) electrons. The van der Waals surface area contributed by atoms with Gasteiger partial charge in [-0.25, -0.2) is 19.7 Å². The number of esters is 1. The lowest BCUT2D eigenvalue weighted by molar-refractivity contribution is -0.173. The van der Waals surface area contributed by atoms with Crippen molar-refractivity contribution < 1.29 is 33.4 Å². The van der Waals surface area contributed by atoms with Crippen molar-refractivity contribution in [2.24, 2.45) is 0 Å². The molecule has 13 heteroatoms. The highest BCUT2D eigenvalue weighted by Gasteiger charge is 2.63. The van der Waals surface area contributed by atoms with E-state index in [0.717, 1.165) is 4.90 Å². The summed E-state index contributed by atoms with van der Waals surface area (Å²) >= 11 is 0. The third kappa shape index (κ3) is 3.81. The van der Waals surface area contributed by atoms with Gasteiger partial charge in [0.05, 0.1) is 29.6 Å². The highest BCUT2D eigenvalue weighted by molar-refractivity contribution is 6.21. The zero-order valence-electron chi connectivity index (χ0n) is 22.5. The quantitative estimate of drug-likeness (QED) is 0.271. The number of imidazole rings is 1. The second-order valence-corrected chi connectivity index (χ2v) is 10.3. The van der Waals surface area contributed by atoms with Gasteiger partial charge in [-0.3, -0.25) is 23.9 Å². The van der Waals surface area contributed by atoms with Crippen LogP contribution in [0.15, 0.2) is 61.2 Å². The second-order valence-electron chi connectivity index (χ2n) is 10.3. The number of hydrogen-bond donors (Lipinski definition) is 1. The lowest BCUT2D eigenvalue weighted by Crippen LogP contribution is -2.42. The summed E-state index contributed by atoms with van der Waals surface area (Å²) in [5, 5.41) is 2.78.